The first-order valence-electron chi connectivity index (χ1n) is 9.77. The minimum Gasteiger partial charge on any atom is -0.463 e. The summed E-state index contributed by atoms with van der Waals surface area (Å²) in [7, 11) is 1.25. The van der Waals surface area contributed by atoms with Gasteiger partial charge >= 0.3 is 11.9 Å². The van der Waals surface area contributed by atoms with E-state index in [0.717, 1.165) is 17.4 Å². The SMILES string of the molecule is COC(=O)c1ccc(COC(=O)CSc2nnc(-c3ccc(F)cc3)n2-c2ccccc2)o1. The lowest BCUT2D eigenvalue weighted by Gasteiger charge is -2.10. The Labute approximate surface area is 192 Å². The van der Waals surface area contributed by atoms with Crippen LogP contribution in [0, 0.1) is 5.82 Å². The fourth-order valence-electron chi connectivity index (χ4n) is 2.94. The number of ether oxygens (including phenoxy) is 2. The molecule has 0 atom stereocenters. The maximum atomic E-state index is 13.4. The third-order valence-corrected chi connectivity index (χ3v) is 5.40. The maximum Gasteiger partial charge on any atom is 0.373 e. The second kappa shape index (κ2) is 10.1. The second-order valence-corrected chi connectivity index (χ2v) is 7.63. The van der Waals surface area contributed by atoms with Crippen molar-refractivity contribution in [2.45, 2.75) is 11.8 Å². The number of hydrogen-bond acceptors (Lipinski definition) is 8. The van der Waals surface area contributed by atoms with E-state index in [4.69, 9.17) is 9.15 Å². The summed E-state index contributed by atoms with van der Waals surface area (Å²) in [6.07, 6.45) is 0. The highest BCUT2D eigenvalue weighted by molar-refractivity contribution is 7.99. The lowest BCUT2D eigenvalue weighted by Crippen LogP contribution is -2.08. The predicted octanol–water partition coefficient (Wildman–Crippen LogP) is 4.29. The summed E-state index contributed by atoms with van der Waals surface area (Å²) in [6, 6.07) is 18.3. The number of benzene rings is 2. The Morgan fingerprint density at radius 1 is 1.03 bits per heavy atom. The van der Waals surface area contributed by atoms with Crippen molar-refractivity contribution in [3.63, 3.8) is 0 Å². The number of furan rings is 1. The molecule has 0 aliphatic carbocycles. The number of para-hydroxylation sites is 1. The van der Waals surface area contributed by atoms with Crippen molar-refractivity contribution >= 4 is 23.7 Å². The van der Waals surface area contributed by atoms with E-state index in [0.29, 0.717) is 22.3 Å². The highest BCUT2D eigenvalue weighted by atomic mass is 32.2. The largest absolute Gasteiger partial charge is 0.463 e. The van der Waals surface area contributed by atoms with Gasteiger partial charge in [-0.2, -0.15) is 0 Å². The van der Waals surface area contributed by atoms with E-state index < -0.39 is 11.9 Å². The van der Waals surface area contributed by atoms with Crippen molar-refractivity contribution in [1.82, 2.24) is 14.8 Å². The van der Waals surface area contributed by atoms with Gasteiger partial charge in [-0.15, -0.1) is 10.2 Å². The Bertz CT molecular complexity index is 1250. The van der Waals surface area contributed by atoms with E-state index in [9.17, 15) is 14.0 Å². The Balaban J connectivity index is 1.46. The number of esters is 2. The summed E-state index contributed by atoms with van der Waals surface area (Å²) in [5.74, 6) is -0.622. The van der Waals surface area contributed by atoms with Crippen LogP contribution >= 0.6 is 11.8 Å². The smallest absolute Gasteiger partial charge is 0.373 e. The van der Waals surface area contributed by atoms with Crippen LogP contribution in [0.15, 0.2) is 76.3 Å². The third-order valence-electron chi connectivity index (χ3n) is 4.49. The number of rotatable bonds is 8. The first kappa shape index (κ1) is 22.3. The molecular formula is C23H18FN3O5S. The van der Waals surface area contributed by atoms with E-state index >= 15 is 0 Å². The van der Waals surface area contributed by atoms with Crippen molar-refractivity contribution in [2.24, 2.45) is 0 Å². The summed E-state index contributed by atoms with van der Waals surface area (Å²) in [5.41, 5.74) is 1.48. The van der Waals surface area contributed by atoms with Crippen molar-refractivity contribution in [2.75, 3.05) is 12.9 Å². The first-order valence-corrected chi connectivity index (χ1v) is 10.8. The molecule has 4 rings (SSSR count). The molecule has 168 valence electrons. The highest BCUT2D eigenvalue weighted by Crippen LogP contribution is 2.28. The second-order valence-electron chi connectivity index (χ2n) is 6.69. The topological polar surface area (TPSA) is 96.5 Å². The number of carbonyl (C=O) groups excluding carboxylic acids is 2. The van der Waals surface area contributed by atoms with E-state index in [1.807, 2.05) is 30.3 Å². The fraction of sp³-hybridized carbons (Fsp3) is 0.130. The van der Waals surface area contributed by atoms with Gasteiger partial charge in [-0.3, -0.25) is 9.36 Å². The van der Waals surface area contributed by atoms with Crippen LogP contribution in [-0.4, -0.2) is 39.6 Å². The summed E-state index contributed by atoms with van der Waals surface area (Å²) in [6.45, 7) is -0.122. The average Bonchev–Trinajstić information content (AvgIpc) is 3.49. The van der Waals surface area contributed by atoms with Crippen LogP contribution in [0.1, 0.15) is 16.3 Å². The first-order chi connectivity index (χ1) is 16.0. The molecule has 0 aliphatic heterocycles. The molecule has 2 aromatic carbocycles. The molecule has 10 heteroatoms. The van der Waals surface area contributed by atoms with Crippen LogP contribution < -0.4 is 0 Å². The van der Waals surface area contributed by atoms with Gasteiger partial charge in [-0.25, -0.2) is 9.18 Å². The van der Waals surface area contributed by atoms with Gasteiger partial charge in [0.15, 0.2) is 11.0 Å². The number of methoxy groups -OCH3 is 1. The molecule has 2 aromatic heterocycles. The molecule has 0 bridgehead atoms. The molecule has 0 N–H and O–H groups in total. The lowest BCUT2D eigenvalue weighted by molar-refractivity contribution is -0.142. The number of nitrogens with zero attached hydrogens (tertiary/aromatic N) is 3. The Morgan fingerprint density at radius 2 is 1.79 bits per heavy atom. The van der Waals surface area contributed by atoms with Crippen LogP contribution in [-0.2, 0) is 20.9 Å². The quantitative estimate of drug-likeness (QED) is 0.280. The van der Waals surface area contributed by atoms with Crippen LogP contribution in [0.5, 0.6) is 0 Å². The molecule has 0 aliphatic rings. The highest BCUT2D eigenvalue weighted by Gasteiger charge is 2.18. The number of aromatic nitrogens is 3. The Kier molecular flexibility index (Phi) is 6.84. The van der Waals surface area contributed by atoms with E-state index in [2.05, 4.69) is 14.9 Å². The van der Waals surface area contributed by atoms with Crippen molar-refractivity contribution in [3.05, 3.63) is 84.1 Å². The minimum absolute atomic E-state index is 0.0288. The van der Waals surface area contributed by atoms with Gasteiger partial charge in [-0.05, 0) is 48.5 Å². The van der Waals surface area contributed by atoms with Gasteiger partial charge in [0.2, 0.25) is 5.76 Å². The molecule has 33 heavy (non-hydrogen) atoms. The fourth-order valence-corrected chi connectivity index (χ4v) is 3.69. The summed E-state index contributed by atoms with van der Waals surface area (Å²) < 4.78 is 30.2. The zero-order valence-electron chi connectivity index (χ0n) is 17.4. The zero-order chi connectivity index (χ0) is 23.2. The summed E-state index contributed by atoms with van der Waals surface area (Å²) in [4.78, 5) is 23.7. The predicted molar refractivity (Wildman–Crippen MR) is 117 cm³/mol. The maximum absolute atomic E-state index is 13.4. The molecule has 0 saturated heterocycles. The van der Waals surface area contributed by atoms with Crippen LogP contribution in [0.3, 0.4) is 0 Å². The summed E-state index contributed by atoms with van der Waals surface area (Å²) >= 11 is 1.15. The number of hydrogen-bond donors (Lipinski definition) is 0. The Morgan fingerprint density at radius 3 is 2.52 bits per heavy atom. The molecule has 0 fully saturated rings. The average molecular weight is 467 g/mol. The van der Waals surface area contributed by atoms with E-state index in [-0.39, 0.29) is 23.9 Å². The minimum atomic E-state index is -0.611. The van der Waals surface area contributed by atoms with Gasteiger partial charge in [0.05, 0.1) is 12.9 Å². The van der Waals surface area contributed by atoms with Gasteiger partial charge in [0.25, 0.3) is 0 Å². The Hall–Kier alpha value is -3.92. The van der Waals surface area contributed by atoms with E-state index in [1.54, 1.807) is 16.7 Å². The van der Waals surface area contributed by atoms with Crippen molar-refractivity contribution < 1.29 is 27.9 Å². The van der Waals surface area contributed by atoms with E-state index in [1.165, 1.54) is 31.4 Å². The molecule has 0 saturated carbocycles. The van der Waals surface area contributed by atoms with Crippen LogP contribution in [0.25, 0.3) is 17.1 Å². The third kappa shape index (κ3) is 5.29. The monoisotopic (exact) mass is 467 g/mol. The number of halogens is 1. The van der Waals surface area contributed by atoms with Gasteiger partial charge in [-0.1, -0.05) is 30.0 Å². The molecular weight excluding hydrogens is 449 g/mol. The normalized spacial score (nSPS) is 10.7. The molecule has 0 amide bonds. The number of carbonyl (C=O) groups is 2. The van der Waals surface area contributed by atoms with Crippen molar-refractivity contribution in [3.8, 4) is 17.1 Å². The molecule has 8 nitrogen and oxygen atoms in total. The van der Waals surface area contributed by atoms with Gasteiger partial charge in [0, 0.05) is 11.3 Å². The lowest BCUT2D eigenvalue weighted by atomic mass is 10.2. The molecule has 0 unspecified atom stereocenters. The molecule has 2 heterocycles. The molecule has 4 aromatic rings. The van der Waals surface area contributed by atoms with Gasteiger partial charge < -0.3 is 13.9 Å². The zero-order valence-corrected chi connectivity index (χ0v) is 18.3. The molecule has 0 spiro atoms. The standard InChI is InChI=1S/C23H18FN3O5S/c1-30-22(29)19-12-11-18(32-19)13-31-20(28)14-33-23-26-25-21(15-7-9-16(24)10-8-15)27(23)17-5-3-2-4-6-17/h2-12H,13-14H2,1H3. The van der Waals surface area contributed by atoms with Gasteiger partial charge in [0.1, 0.15) is 18.2 Å². The van der Waals surface area contributed by atoms with Crippen LogP contribution in [0.2, 0.25) is 0 Å². The molecule has 0 radical (unpaired) electrons. The van der Waals surface area contributed by atoms with Crippen molar-refractivity contribution in [1.29, 1.82) is 0 Å². The number of thioether (sulfide) groups is 1. The van der Waals surface area contributed by atoms with Crippen LogP contribution in [0.4, 0.5) is 4.39 Å². The summed E-state index contributed by atoms with van der Waals surface area (Å²) in [5, 5.41) is 8.94.